The molecule has 0 heterocycles. The molecule has 24 heavy (non-hydrogen) atoms. The Labute approximate surface area is 158 Å². The Hall–Kier alpha value is -1.22. The summed E-state index contributed by atoms with van der Waals surface area (Å²) < 4.78 is 0. The summed E-state index contributed by atoms with van der Waals surface area (Å²) in [6.07, 6.45) is 0.245. The summed E-state index contributed by atoms with van der Waals surface area (Å²) in [7, 11) is 0. The molecule has 5 heteroatoms. The summed E-state index contributed by atoms with van der Waals surface area (Å²) >= 11 is 18.2. The molecule has 0 aliphatic heterocycles. The first-order valence-corrected chi connectivity index (χ1v) is 8.80. The van der Waals surface area contributed by atoms with Crippen molar-refractivity contribution in [2.24, 2.45) is 0 Å². The van der Waals surface area contributed by atoms with Crippen LogP contribution in [0.4, 0.5) is 0 Å². The van der Waals surface area contributed by atoms with Crippen LogP contribution in [0.15, 0.2) is 36.4 Å². The molecule has 0 saturated carbocycles. The van der Waals surface area contributed by atoms with E-state index in [1.807, 2.05) is 18.2 Å². The number of nitrogens with one attached hydrogen (secondary N) is 1. The second kappa shape index (κ2) is 7.77. The Balaban J connectivity index is 1.97. The van der Waals surface area contributed by atoms with Gasteiger partial charge in [-0.05, 0) is 40.3 Å². The van der Waals surface area contributed by atoms with Gasteiger partial charge in [0.2, 0.25) is 5.91 Å². The highest BCUT2D eigenvalue weighted by Gasteiger charge is 2.15. The lowest BCUT2D eigenvalue weighted by molar-refractivity contribution is -0.120. The maximum absolute atomic E-state index is 12.1. The van der Waals surface area contributed by atoms with Crippen molar-refractivity contribution >= 4 is 40.7 Å². The standard InChI is InChI=1S/C19H20Cl3NO/c1-19(2,3)14-6-5-13(16(21)10-14)11-23-18(24)9-12-4-7-15(20)17(22)8-12/h4-8,10H,9,11H2,1-3H3,(H,23,24). The number of hydrogen-bond donors (Lipinski definition) is 1. The summed E-state index contributed by atoms with van der Waals surface area (Å²) in [5.74, 6) is -0.0932. The zero-order valence-electron chi connectivity index (χ0n) is 13.9. The molecule has 1 N–H and O–H groups in total. The minimum atomic E-state index is -0.0932. The van der Waals surface area contributed by atoms with Crippen molar-refractivity contribution < 1.29 is 4.79 Å². The van der Waals surface area contributed by atoms with Crippen LogP contribution in [0.25, 0.3) is 0 Å². The predicted molar refractivity (Wildman–Crippen MR) is 102 cm³/mol. The van der Waals surface area contributed by atoms with Gasteiger partial charge >= 0.3 is 0 Å². The number of hydrogen-bond acceptors (Lipinski definition) is 1. The molecule has 2 aromatic rings. The van der Waals surface area contributed by atoms with Crippen molar-refractivity contribution in [2.75, 3.05) is 0 Å². The first kappa shape index (κ1) is 19.1. The monoisotopic (exact) mass is 383 g/mol. The van der Waals surface area contributed by atoms with Crippen molar-refractivity contribution in [2.45, 2.75) is 39.2 Å². The van der Waals surface area contributed by atoms with E-state index in [1.165, 1.54) is 5.56 Å². The predicted octanol–water partition coefficient (Wildman–Crippen LogP) is 5.80. The van der Waals surface area contributed by atoms with Gasteiger partial charge in [0, 0.05) is 11.6 Å². The van der Waals surface area contributed by atoms with Crippen LogP contribution >= 0.6 is 34.8 Å². The second-order valence-electron chi connectivity index (χ2n) is 6.76. The van der Waals surface area contributed by atoms with E-state index in [0.29, 0.717) is 21.6 Å². The molecule has 0 aliphatic carbocycles. The molecule has 128 valence electrons. The Morgan fingerprint density at radius 1 is 0.958 bits per heavy atom. The van der Waals surface area contributed by atoms with Crippen LogP contribution in [0.5, 0.6) is 0 Å². The zero-order valence-corrected chi connectivity index (χ0v) is 16.2. The van der Waals surface area contributed by atoms with Crippen LogP contribution in [0.2, 0.25) is 15.1 Å². The van der Waals surface area contributed by atoms with Crippen molar-refractivity contribution in [3.63, 3.8) is 0 Å². The summed E-state index contributed by atoms with van der Waals surface area (Å²) in [5, 5.41) is 4.47. The summed E-state index contributed by atoms with van der Waals surface area (Å²) in [4.78, 5) is 12.1. The van der Waals surface area contributed by atoms with Gasteiger partial charge in [-0.1, -0.05) is 73.8 Å². The highest BCUT2D eigenvalue weighted by molar-refractivity contribution is 6.42. The van der Waals surface area contributed by atoms with E-state index < -0.39 is 0 Å². The third-order valence-electron chi connectivity index (χ3n) is 3.74. The highest BCUT2D eigenvalue weighted by atomic mass is 35.5. The van der Waals surface area contributed by atoms with Gasteiger partial charge in [0.1, 0.15) is 0 Å². The van der Waals surface area contributed by atoms with Crippen LogP contribution in [0, 0.1) is 0 Å². The van der Waals surface area contributed by atoms with Gasteiger partial charge in [0.15, 0.2) is 0 Å². The lowest BCUT2D eigenvalue weighted by atomic mass is 9.86. The molecular formula is C19H20Cl3NO. The van der Waals surface area contributed by atoms with E-state index in [0.717, 1.165) is 11.1 Å². The van der Waals surface area contributed by atoms with Gasteiger partial charge in [0.05, 0.1) is 16.5 Å². The normalized spacial score (nSPS) is 11.4. The van der Waals surface area contributed by atoms with E-state index in [4.69, 9.17) is 34.8 Å². The van der Waals surface area contributed by atoms with Gasteiger partial charge in [-0.2, -0.15) is 0 Å². The molecular weight excluding hydrogens is 365 g/mol. The lowest BCUT2D eigenvalue weighted by Crippen LogP contribution is -2.24. The van der Waals surface area contributed by atoms with Crippen molar-refractivity contribution in [3.8, 4) is 0 Å². The van der Waals surface area contributed by atoms with E-state index in [-0.39, 0.29) is 17.7 Å². The number of halogens is 3. The summed E-state index contributed by atoms with van der Waals surface area (Å²) in [6, 6.07) is 11.2. The number of benzene rings is 2. The summed E-state index contributed by atoms with van der Waals surface area (Å²) in [5.41, 5.74) is 2.92. The van der Waals surface area contributed by atoms with Crippen molar-refractivity contribution in [1.82, 2.24) is 5.32 Å². The Kier molecular flexibility index (Phi) is 6.19. The fourth-order valence-electron chi connectivity index (χ4n) is 2.25. The molecule has 2 rings (SSSR count). The van der Waals surface area contributed by atoms with Crippen LogP contribution in [0.1, 0.15) is 37.5 Å². The van der Waals surface area contributed by atoms with Crippen LogP contribution in [-0.2, 0) is 23.2 Å². The van der Waals surface area contributed by atoms with Crippen LogP contribution in [-0.4, -0.2) is 5.91 Å². The molecule has 0 aliphatic rings. The molecule has 0 fully saturated rings. The van der Waals surface area contributed by atoms with Gasteiger partial charge in [0.25, 0.3) is 0 Å². The molecule has 0 unspecified atom stereocenters. The van der Waals surface area contributed by atoms with Gasteiger partial charge in [-0.3, -0.25) is 4.79 Å². The number of rotatable bonds is 4. The fraction of sp³-hybridized carbons (Fsp3) is 0.316. The van der Waals surface area contributed by atoms with Gasteiger partial charge in [-0.15, -0.1) is 0 Å². The number of carbonyl (C=O) groups excluding carboxylic acids is 1. The highest BCUT2D eigenvalue weighted by Crippen LogP contribution is 2.27. The number of amides is 1. The molecule has 0 aromatic heterocycles. The maximum Gasteiger partial charge on any atom is 0.224 e. The molecule has 0 spiro atoms. The topological polar surface area (TPSA) is 29.1 Å². The van der Waals surface area contributed by atoms with Crippen molar-refractivity contribution in [3.05, 3.63) is 68.2 Å². The average molecular weight is 385 g/mol. The SMILES string of the molecule is CC(C)(C)c1ccc(CNC(=O)Cc2ccc(Cl)c(Cl)c2)c(Cl)c1. The molecule has 2 aromatic carbocycles. The molecule has 0 radical (unpaired) electrons. The fourth-order valence-corrected chi connectivity index (χ4v) is 2.82. The third kappa shape index (κ3) is 5.14. The van der Waals surface area contributed by atoms with Crippen LogP contribution < -0.4 is 5.32 Å². The quantitative estimate of drug-likeness (QED) is 0.708. The Morgan fingerprint density at radius 2 is 1.67 bits per heavy atom. The van der Waals surface area contributed by atoms with E-state index in [1.54, 1.807) is 18.2 Å². The van der Waals surface area contributed by atoms with Crippen LogP contribution in [0.3, 0.4) is 0 Å². The second-order valence-corrected chi connectivity index (χ2v) is 7.98. The van der Waals surface area contributed by atoms with E-state index in [9.17, 15) is 4.79 Å². The lowest BCUT2D eigenvalue weighted by Gasteiger charge is -2.20. The van der Waals surface area contributed by atoms with Gasteiger partial charge < -0.3 is 5.32 Å². The minimum Gasteiger partial charge on any atom is -0.352 e. The van der Waals surface area contributed by atoms with Gasteiger partial charge in [-0.25, -0.2) is 0 Å². The summed E-state index contributed by atoms with van der Waals surface area (Å²) in [6.45, 7) is 6.80. The van der Waals surface area contributed by atoms with E-state index >= 15 is 0 Å². The largest absolute Gasteiger partial charge is 0.352 e. The van der Waals surface area contributed by atoms with Crippen molar-refractivity contribution in [1.29, 1.82) is 0 Å². The average Bonchev–Trinajstić information content (AvgIpc) is 2.49. The number of carbonyl (C=O) groups is 1. The zero-order chi connectivity index (χ0) is 17.9. The third-order valence-corrected chi connectivity index (χ3v) is 4.83. The molecule has 0 saturated heterocycles. The molecule has 2 nitrogen and oxygen atoms in total. The first-order valence-electron chi connectivity index (χ1n) is 7.66. The molecule has 0 atom stereocenters. The van der Waals surface area contributed by atoms with E-state index in [2.05, 4.69) is 26.1 Å². The maximum atomic E-state index is 12.1. The smallest absolute Gasteiger partial charge is 0.224 e. The Morgan fingerprint density at radius 3 is 2.25 bits per heavy atom. The minimum absolute atomic E-state index is 0.0409. The molecule has 0 bridgehead atoms. The Bertz CT molecular complexity index is 751. The first-order chi connectivity index (χ1) is 11.2. The molecule has 1 amide bonds.